The topological polar surface area (TPSA) is 47.3 Å². The molecule has 1 atom stereocenters. The van der Waals surface area contributed by atoms with Gasteiger partial charge in [-0.25, -0.2) is 0 Å². The molecule has 0 heterocycles. The minimum atomic E-state index is 0.168. The van der Waals surface area contributed by atoms with Gasteiger partial charge < -0.3 is 4.74 Å². The van der Waals surface area contributed by atoms with Gasteiger partial charge in [-0.2, -0.15) is 0 Å². The number of allylic oxidation sites excluding steroid dienone is 1. The number of unbranched alkanes of at least 4 members (excludes halogenated alkanes) is 1. The summed E-state index contributed by atoms with van der Waals surface area (Å²) in [6.45, 7) is 8.90. The van der Waals surface area contributed by atoms with Gasteiger partial charge in [-0.1, -0.05) is 31.1 Å². The fraction of sp³-hybridized carbons (Fsp3) is 0.500. The maximum atomic E-state index is 5.65. The maximum absolute atomic E-state index is 5.65. The molecule has 0 aliphatic carbocycles. The third-order valence-corrected chi connectivity index (χ3v) is 3.11. The molecule has 0 bridgehead atoms. The highest BCUT2D eigenvalue weighted by molar-refractivity contribution is 5.29. The number of hydrazine groups is 1. The van der Waals surface area contributed by atoms with Gasteiger partial charge in [0.1, 0.15) is 5.75 Å². The lowest BCUT2D eigenvalue weighted by atomic mass is 10.0. The Balaban J connectivity index is 2.54. The van der Waals surface area contributed by atoms with Crippen LogP contribution in [0.4, 0.5) is 0 Å². The first-order chi connectivity index (χ1) is 9.17. The molecular weight excluding hydrogens is 236 g/mol. The van der Waals surface area contributed by atoms with Crippen LogP contribution in [0.15, 0.2) is 36.4 Å². The Morgan fingerprint density at radius 3 is 2.58 bits per heavy atom. The fourth-order valence-electron chi connectivity index (χ4n) is 1.87. The average molecular weight is 262 g/mol. The number of rotatable bonds is 9. The quantitative estimate of drug-likeness (QED) is 0.308. The Labute approximate surface area is 116 Å². The molecule has 1 aromatic carbocycles. The first-order valence-electron chi connectivity index (χ1n) is 7.00. The largest absolute Gasteiger partial charge is 0.494 e. The number of ether oxygens (including phenoxy) is 1. The molecule has 1 rings (SSSR count). The van der Waals surface area contributed by atoms with Crippen LogP contribution in [0, 0.1) is 0 Å². The normalized spacial score (nSPS) is 12.2. The smallest absolute Gasteiger partial charge is 0.119 e. The maximum Gasteiger partial charge on any atom is 0.119 e. The zero-order valence-corrected chi connectivity index (χ0v) is 12.1. The van der Waals surface area contributed by atoms with E-state index >= 15 is 0 Å². The van der Waals surface area contributed by atoms with Crippen molar-refractivity contribution in [3.8, 4) is 5.75 Å². The van der Waals surface area contributed by atoms with Gasteiger partial charge in [0.15, 0.2) is 0 Å². The number of nitrogens with two attached hydrogens (primary N) is 1. The summed E-state index contributed by atoms with van der Waals surface area (Å²) in [5.74, 6) is 6.54. The Morgan fingerprint density at radius 2 is 2.05 bits per heavy atom. The van der Waals surface area contributed by atoms with Gasteiger partial charge >= 0.3 is 0 Å². The molecule has 19 heavy (non-hydrogen) atoms. The van der Waals surface area contributed by atoms with Crippen molar-refractivity contribution < 1.29 is 4.74 Å². The third-order valence-electron chi connectivity index (χ3n) is 3.11. The third kappa shape index (κ3) is 5.90. The number of hydrogen-bond donors (Lipinski definition) is 2. The molecule has 3 nitrogen and oxygen atoms in total. The van der Waals surface area contributed by atoms with E-state index in [2.05, 4.69) is 31.1 Å². The van der Waals surface area contributed by atoms with Crippen LogP contribution in [-0.2, 0) is 0 Å². The van der Waals surface area contributed by atoms with Crippen molar-refractivity contribution in [1.29, 1.82) is 0 Å². The summed E-state index contributed by atoms with van der Waals surface area (Å²) in [7, 11) is 0. The summed E-state index contributed by atoms with van der Waals surface area (Å²) >= 11 is 0. The molecule has 0 spiro atoms. The average Bonchev–Trinajstić information content (AvgIpc) is 2.41. The van der Waals surface area contributed by atoms with Gasteiger partial charge in [0.25, 0.3) is 0 Å². The lowest BCUT2D eigenvalue weighted by Gasteiger charge is -2.17. The molecule has 0 saturated heterocycles. The molecule has 0 aromatic heterocycles. The molecular formula is C16H26N2O. The van der Waals surface area contributed by atoms with Gasteiger partial charge in [0.05, 0.1) is 6.61 Å². The van der Waals surface area contributed by atoms with Crippen molar-refractivity contribution in [3.63, 3.8) is 0 Å². The van der Waals surface area contributed by atoms with Crippen LogP contribution >= 0.6 is 0 Å². The molecule has 3 heteroatoms. The molecule has 0 saturated carbocycles. The molecule has 106 valence electrons. The van der Waals surface area contributed by atoms with Crippen molar-refractivity contribution in [2.75, 3.05) is 6.61 Å². The summed E-state index contributed by atoms with van der Waals surface area (Å²) in [6, 6.07) is 8.34. The summed E-state index contributed by atoms with van der Waals surface area (Å²) < 4.78 is 5.65. The van der Waals surface area contributed by atoms with E-state index in [-0.39, 0.29) is 6.04 Å². The molecule has 0 fully saturated rings. The first kappa shape index (κ1) is 15.7. The van der Waals surface area contributed by atoms with Crippen LogP contribution in [0.1, 0.15) is 51.1 Å². The van der Waals surface area contributed by atoms with Gasteiger partial charge in [-0.15, -0.1) is 6.58 Å². The second-order valence-electron chi connectivity index (χ2n) is 4.99. The molecule has 1 unspecified atom stereocenters. The van der Waals surface area contributed by atoms with E-state index in [0.717, 1.165) is 38.0 Å². The van der Waals surface area contributed by atoms with E-state index in [1.165, 1.54) is 11.1 Å². The SMILES string of the molecule is C=C(C)CCC(NN)c1ccc(OCCCC)cc1. The van der Waals surface area contributed by atoms with E-state index in [9.17, 15) is 0 Å². The Bertz CT molecular complexity index is 373. The standard InChI is InChI=1S/C16H26N2O/c1-4-5-12-19-15-9-7-14(8-10-15)16(18-17)11-6-13(2)3/h7-10,16,18H,2,4-6,11-12,17H2,1,3H3. The summed E-state index contributed by atoms with van der Waals surface area (Å²) in [4.78, 5) is 0. The highest BCUT2D eigenvalue weighted by atomic mass is 16.5. The lowest BCUT2D eigenvalue weighted by Crippen LogP contribution is -2.28. The number of benzene rings is 1. The van der Waals surface area contributed by atoms with Gasteiger partial charge in [0.2, 0.25) is 0 Å². The van der Waals surface area contributed by atoms with Crippen LogP contribution in [-0.4, -0.2) is 6.61 Å². The highest BCUT2D eigenvalue weighted by Gasteiger charge is 2.09. The van der Waals surface area contributed by atoms with Crippen LogP contribution in [0.25, 0.3) is 0 Å². The van der Waals surface area contributed by atoms with E-state index < -0.39 is 0 Å². The van der Waals surface area contributed by atoms with E-state index in [0.29, 0.717) is 0 Å². The predicted molar refractivity (Wildman–Crippen MR) is 81.0 cm³/mol. The van der Waals surface area contributed by atoms with Crippen molar-refractivity contribution in [2.45, 2.75) is 45.6 Å². The Morgan fingerprint density at radius 1 is 1.37 bits per heavy atom. The number of nitrogens with one attached hydrogen (secondary N) is 1. The molecule has 0 aliphatic heterocycles. The minimum Gasteiger partial charge on any atom is -0.494 e. The molecule has 0 amide bonds. The van der Waals surface area contributed by atoms with Gasteiger partial charge in [0, 0.05) is 6.04 Å². The van der Waals surface area contributed by atoms with E-state index in [1.807, 2.05) is 19.1 Å². The van der Waals surface area contributed by atoms with E-state index in [1.54, 1.807) is 0 Å². The molecule has 3 N–H and O–H groups in total. The lowest BCUT2D eigenvalue weighted by molar-refractivity contribution is 0.309. The zero-order chi connectivity index (χ0) is 14.1. The predicted octanol–water partition coefficient (Wildman–Crippen LogP) is 3.73. The number of hydrogen-bond acceptors (Lipinski definition) is 3. The fourth-order valence-corrected chi connectivity index (χ4v) is 1.87. The van der Waals surface area contributed by atoms with Crippen LogP contribution in [0.5, 0.6) is 5.75 Å². The second-order valence-corrected chi connectivity index (χ2v) is 4.99. The van der Waals surface area contributed by atoms with Crippen molar-refractivity contribution >= 4 is 0 Å². The minimum absolute atomic E-state index is 0.168. The second kappa shape index (κ2) is 8.73. The first-order valence-corrected chi connectivity index (χ1v) is 7.00. The van der Waals surface area contributed by atoms with E-state index in [4.69, 9.17) is 10.6 Å². The van der Waals surface area contributed by atoms with Gasteiger partial charge in [-0.05, 0) is 43.9 Å². The van der Waals surface area contributed by atoms with Crippen LogP contribution in [0.2, 0.25) is 0 Å². The van der Waals surface area contributed by atoms with Crippen molar-refractivity contribution in [3.05, 3.63) is 42.0 Å². The molecule has 1 aromatic rings. The summed E-state index contributed by atoms with van der Waals surface area (Å²) in [5.41, 5.74) is 5.23. The molecule has 0 radical (unpaired) electrons. The van der Waals surface area contributed by atoms with Crippen molar-refractivity contribution in [2.24, 2.45) is 5.84 Å². The van der Waals surface area contributed by atoms with Crippen LogP contribution in [0.3, 0.4) is 0 Å². The molecule has 0 aliphatic rings. The zero-order valence-electron chi connectivity index (χ0n) is 12.1. The summed E-state index contributed by atoms with van der Waals surface area (Å²) in [5, 5.41) is 0. The highest BCUT2D eigenvalue weighted by Crippen LogP contribution is 2.22. The van der Waals surface area contributed by atoms with Crippen LogP contribution < -0.4 is 16.0 Å². The monoisotopic (exact) mass is 262 g/mol. The van der Waals surface area contributed by atoms with Crippen molar-refractivity contribution in [1.82, 2.24) is 5.43 Å². The Kier molecular flexibility index (Phi) is 7.23. The Hall–Kier alpha value is -1.32. The van der Waals surface area contributed by atoms with Gasteiger partial charge in [-0.3, -0.25) is 11.3 Å². The summed E-state index contributed by atoms with van der Waals surface area (Å²) in [6.07, 6.45) is 4.18.